The zero-order chi connectivity index (χ0) is 16.1. The molecule has 0 aliphatic heterocycles. The third kappa shape index (κ3) is 3.76. The average Bonchev–Trinajstić information content (AvgIpc) is 2.86. The molecule has 1 heterocycles. The molecule has 0 fully saturated rings. The van der Waals surface area contributed by atoms with Gasteiger partial charge in [0.15, 0.2) is 5.82 Å². The maximum absolute atomic E-state index is 13.8. The first-order valence-electron chi connectivity index (χ1n) is 6.90. The lowest BCUT2D eigenvalue weighted by Gasteiger charge is -2.10. The summed E-state index contributed by atoms with van der Waals surface area (Å²) in [5, 5.41) is 11.0. The lowest BCUT2D eigenvalue weighted by Crippen LogP contribution is -2.33. The molecule has 1 aromatic heterocycles. The Morgan fingerprint density at radius 1 is 1.45 bits per heavy atom. The predicted octanol–water partition coefficient (Wildman–Crippen LogP) is 1.80. The van der Waals surface area contributed by atoms with Crippen molar-refractivity contribution in [3.63, 3.8) is 0 Å². The van der Waals surface area contributed by atoms with Crippen LogP contribution in [-0.2, 0) is 4.79 Å². The third-order valence-corrected chi connectivity index (χ3v) is 4.07. The molecule has 0 radical (unpaired) electrons. The fourth-order valence-electron chi connectivity index (χ4n) is 1.75. The maximum Gasteiger partial charge on any atom is 0.230 e. The molecule has 0 spiro atoms. The van der Waals surface area contributed by atoms with Crippen molar-refractivity contribution in [3.05, 3.63) is 30.1 Å². The first kappa shape index (κ1) is 16.3. The summed E-state index contributed by atoms with van der Waals surface area (Å²) in [6, 6.07) is 6.31. The van der Waals surface area contributed by atoms with E-state index >= 15 is 0 Å². The van der Waals surface area contributed by atoms with E-state index < -0.39 is 5.82 Å². The molecule has 6 nitrogen and oxygen atoms in total. The van der Waals surface area contributed by atoms with Crippen LogP contribution in [-0.4, -0.2) is 32.6 Å². The second-order valence-electron chi connectivity index (χ2n) is 4.82. The molecule has 2 aromatic rings. The van der Waals surface area contributed by atoms with Crippen molar-refractivity contribution < 1.29 is 9.18 Å². The zero-order valence-electron chi connectivity index (χ0n) is 12.4. The van der Waals surface area contributed by atoms with Crippen LogP contribution in [0.15, 0.2) is 29.4 Å². The topological polar surface area (TPSA) is 85.8 Å². The number of hydrogen-bond donors (Lipinski definition) is 2. The van der Waals surface area contributed by atoms with Gasteiger partial charge in [-0.15, -0.1) is 10.2 Å². The minimum atomic E-state index is -0.423. The van der Waals surface area contributed by atoms with Crippen molar-refractivity contribution in [1.82, 2.24) is 20.2 Å². The van der Waals surface area contributed by atoms with Crippen LogP contribution in [0.1, 0.15) is 20.3 Å². The van der Waals surface area contributed by atoms with Gasteiger partial charge in [0.1, 0.15) is 5.82 Å². The summed E-state index contributed by atoms with van der Waals surface area (Å²) in [6.07, 6.45) is 0.862. The Bertz CT molecular complexity index is 660. The van der Waals surface area contributed by atoms with Crippen LogP contribution in [0.5, 0.6) is 0 Å². The lowest BCUT2D eigenvalue weighted by atomic mass is 10.2. The number of thioether (sulfide) groups is 1. The Kier molecular flexibility index (Phi) is 5.37. The number of benzene rings is 1. The van der Waals surface area contributed by atoms with Gasteiger partial charge in [-0.2, -0.15) is 0 Å². The van der Waals surface area contributed by atoms with Crippen molar-refractivity contribution in [2.75, 3.05) is 11.6 Å². The molecule has 0 unspecified atom stereocenters. The lowest BCUT2D eigenvalue weighted by molar-refractivity contribution is -0.119. The van der Waals surface area contributed by atoms with Crippen LogP contribution < -0.4 is 11.2 Å². The molecule has 3 N–H and O–H groups in total. The SMILES string of the molecule is CC[C@H](C)NC(=O)CSc1nnc(-c2ccccc2F)n1N. The van der Waals surface area contributed by atoms with Crippen LogP contribution >= 0.6 is 11.8 Å². The Hall–Kier alpha value is -2.09. The van der Waals surface area contributed by atoms with Crippen LogP contribution in [0.3, 0.4) is 0 Å². The van der Waals surface area contributed by atoms with Crippen LogP contribution in [0.2, 0.25) is 0 Å². The highest BCUT2D eigenvalue weighted by Crippen LogP contribution is 2.23. The van der Waals surface area contributed by atoms with Gasteiger partial charge < -0.3 is 11.2 Å². The van der Waals surface area contributed by atoms with Crippen molar-refractivity contribution >= 4 is 17.7 Å². The summed E-state index contributed by atoms with van der Waals surface area (Å²) in [6.45, 7) is 3.93. The molecule has 118 valence electrons. The van der Waals surface area contributed by atoms with Gasteiger partial charge in [0, 0.05) is 6.04 Å². The summed E-state index contributed by atoms with van der Waals surface area (Å²) >= 11 is 1.16. The molecule has 2 rings (SSSR count). The van der Waals surface area contributed by atoms with E-state index in [1.165, 1.54) is 10.7 Å². The Labute approximate surface area is 132 Å². The second kappa shape index (κ2) is 7.26. The number of amides is 1. The van der Waals surface area contributed by atoms with Gasteiger partial charge in [-0.1, -0.05) is 30.8 Å². The number of carbonyl (C=O) groups is 1. The largest absolute Gasteiger partial charge is 0.353 e. The number of carbonyl (C=O) groups excluding carboxylic acids is 1. The summed E-state index contributed by atoms with van der Waals surface area (Å²) in [5.74, 6) is 5.77. The Balaban J connectivity index is 2.06. The number of nitrogens with two attached hydrogens (primary N) is 1. The van der Waals surface area contributed by atoms with Gasteiger partial charge >= 0.3 is 0 Å². The fourth-order valence-corrected chi connectivity index (χ4v) is 2.42. The van der Waals surface area contributed by atoms with Crippen LogP contribution in [0.4, 0.5) is 4.39 Å². The summed E-state index contributed by atoms with van der Waals surface area (Å²) in [7, 11) is 0. The quantitative estimate of drug-likeness (QED) is 0.625. The van der Waals surface area contributed by atoms with Gasteiger partial charge in [0.25, 0.3) is 0 Å². The van der Waals surface area contributed by atoms with E-state index in [-0.39, 0.29) is 29.1 Å². The smallest absolute Gasteiger partial charge is 0.230 e. The van der Waals surface area contributed by atoms with Gasteiger partial charge in [0.05, 0.1) is 11.3 Å². The van der Waals surface area contributed by atoms with Crippen LogP contribution in [0.25, 0.3) is 11.4 Å². The number of rotatable bonds is 6. The summed E-state index contributed by atoms with van der Waals surface area (Å²) < 4.78 is 14.9. The predicted molar refractivity (Wildman–Crippen MR) is 84.2 cm³/mol. The molecule has 1 aromatic carbocycles. The maximum atomic E-state index is 13.8. The van der Waals surface area contributed by atoms with Crippen molar-refractivity contribution in [2.24, 2.45) is 0 Å². The molecule has 0 saturated carbocycles. The highest BCUT2D eigenvalue weighted by Gasteiger charge is 2.16. The highest BCUT2D eigenvalue weighted by molar-refractivity contribution is 7.99. The number of aromatic nitrogens is 3. The number of halogens is 1. The standard InChI is InChI=1S/C14H18FN5OS/c1-3-9(2)17-12(21)8-22-14-19-18-13(20(14)16)10-6-4-5-7-11(10)15/h4-7,9H,3,8,16H2,1-2H3,(H,17,21)/t9-/m0/s1. The second-order valence-corrected chi connectivity index (χ2v) is 5.76. The Morgan fingerprint density at radius 2 is 2.18 bits per heavy atom. The zero-order valence-corrected chi connectivity index (χ0v) is 13.2. The third-order valence-electron chi connectivity index (χ3n) is 3.13. The molecule has 1 atom stereocenters. The molecule has 0 saturated heterocycles. The number of nitrogens with one attached hydrogen (secondary N) is 1. The monoisotopic (exact) mass is 323 g/mol. The van der Waals surface area contributed by atoms with Gasteiger partial charge in [-0.05, 0) is 25.5 Å². The van der Waals surface area contributed by atoms with Gasteiger partial charge in [-0.3, -0.25) is 4.79 Å². The van der Waals surface area contributed by atoms with E-state index in [1.807, 2.05) is 13.8 Å². The van der Waals surface area contributed by atoms with E-state index in [9.17, 15) is 9.18 Å². The molecule has 0 bridgehead atoms. The normalized spacial score (nSPS) is 12.1. The molecule has 22 heavy (non-hydrogen) atoms. The van der Waals surface area contributed by atoms with Gasteiger partial charge in [0.2, 0.25) is 11.1 Å². The molecule has 1 amide bonds. The number of nitrogen functional groups attached to an aromatic ring is 1. The molecular formula is C14H18FN5OS. The van der Waals surface area contributed by atoms with Gasteiger partial charge in [-0.25, -0.2) is 9.07 Å². The van der Waals surface area contributed by atoms with E-state index in [4.69, 9.17) is 5.84 Å². The fraction of sp³-hybridized carbons (Fsp3) is 0.357. The number of nitrogens with zero attached hydrogens (tertiary/aromatic N) is 3. The molecule has 0 aliphatic carbocycles. The summed E-state index contributed by atoms with van der Waals surface area (Å²) in [4.78, 5) is 11.7. The van der Waals surface area contributed by atoms with E-state index in [2.05, 4.69) is 15.5 Å². The van der Waals surface area contributed by atoms with Crippen molar-refractivity contribution in [2.45, 2.75) is 31.5 Å². The Morgan fingerprint density at radius 3 is 2.86 bits per heavy atom. The first-order chi connectivity index (χ1) is 10.5. The van der Waals surface area contributed by atoms with E-state index in [0.29, 0.717) is 5.16 Å². The first-order valence-corrected chi connectivity index (χ1v) is 7.89. The molecular weight excluding hydrogens is 305 g/mol. The van der Waals surface area contributed by atoms with E-state index in [0.717, 1.165) is 18.2 Å². The average molecular weight is 323 g/mol. The minimum Gasteiger partial charge on any atom is -0.353 e. The highest BCUT2D eigenvalue weighted by atomic mass is 32.2. The van der Waals surface area contributed by atoms with Crippen molar-refractivity contribution in [3.8, 4) is 11.4 Å². The van der Waals surface area contributed by atoms with E-state index in [1.54, 1.807) is 18.2 Å². The molecule has 0 aliphatic rings. The summed E-state index contributed by atoms with van der Waals surface area (Å²) in [5.41, 5.74) is 0.272. The van der Waals surface area contributed by atoms with Crippen molar-refractivity contribution in [1.29, 1.82) is 0 Å². The molecule has 8 heteroatoms. The minimum absolute atomic E-state index is 0.102. The number of hydrogen-bond acceptors (Lipinski definition) is 5. The van der Waals surface area contributed by atoms with Crippen LogP contribution in [0, 0.1) is 5.82 Å².